The Morgan fingerprint density at radius 1 is 1.18 bits per heavy atom. The molecule has 0 aliphatic heterocycles. The summed E-state index contributed by atoms with van der Waals surface area (Å²) in [6.45, 7) is 3.54. The second-order valence-corrected chi connectivity index (χ2v) is 6.45. The van der Waals surface area contributed by atoms with Gasteiger partial charge in [0.15, 0.2) is 0 Å². The Morgan fingerprint density at radius 3 is 2.50 bits per heavy atom. The number of hydrogen-bond acceptors (Lipinski definition) is 3. The highest BCUT2D eigenvalue weighted by Gasteiger charge is 2.04. The number of hydrogen-bond donors (Lipinski definition) is 2. The van der Waals surface area contributed by atoms with Gasteiger partial charge in [-0.05, 0) is 58.2 Å². The minimum Gasteiger partial charge on any atom is -0.488 e. The van der Waals surface area contributed by atoms with E-state index in [1.165, 1.54) is 0 Å². The van der Waals surface area contributed by atoms with Gasteiger partial charge in [-0.2, -0.15) is 0 Å². The molecule has 0 heterocycles. The highest BCUT2D eigenvalue weighted by atomic mass is 79.9. The fourth-order valence-electron chi connectivity index (χ4n) is 1.94. The Labute approximate surface area is 144 Å². The Kier molecular flexibility index (Phi) is 6.70. The van der Waals surface area contributed by atoms with Crippen LogP contribution in [0.4, 0.5) is 0 Å². The zero-order valence-corrected chi connectivity index (χ0v) is 14.7. The smallest absolute Gasteiger partial charge is 0.134 e. The molecule has 0 radical (unpaired) electrons. The summed E-state index contributed by atoms with van der Waals surface area (Å²) in [6, 6.07) is 13.6. The van der Waals surface area contributed by atoms with Crippen molar-refractivity contribution in [2.75, 3.05) is 6.54 Å². The maximum Gasteiger partial charge on any atom is 0.134 e. The van der Waals surface area contributed by atoms with Crippen LogP contribution in [0.3, 0.4) is 0 Å². The van der Waals surface area contributed by atoms with Crippen LogP contribution in [0, 0.1) is 0 Å². The molecule has 0 spiro atoms. The van der Waals surface area contributed by atoms with E-state index in [9.17, 15) is 5.11 Å². The molecular weight excluding hydrogens is 366 g/mol. The van der Waals surface area contributed by atoms with Gasteiger partial charge in [0.2, 0.25) is 0 Å². The first-order valence-corrected chi connectivity index (χ1v) is 8.26. The van der Waals surface area contributed by atoms with Crippen molar-refractivity contribution in [1.29, 1.82) is 0 Å². The van der Waals surface area contributed by atoms with Gasteiger partial charge >= 0.3 is 0 Å². The second-order valence-electron chi connectivity index (χ2n) is 5.16. The molecule has 1 unspecified atom stereocenters. The lowest BCUT2D eigenvalue weighted by Gasteiger charge is -2.11. The molecule has 1 atom stereocenters. The molecule has 5 heteroatoms. The third kappa shape index (κ3) is 5.61. The molecule has 2 aromatic rings. The van der Waals surface area contributed by atoms with Gasteiger partial charge in [0.25, 0.3) is 0 Å². The zero-order valence-electron chi connectivity index (χ0n) is 12.4. The van der Waals surface area contributed by atoms with Crippen molar-refractivity contribution in [1.82, 2.24) is 5.32 Å². The van der Waals surface area contributed by atoms with Crippen molar-refractivity contribution < 1.29 is 9.84 Å². The maximum atomic E-state index is 9.22. The van der Waals surface area contributed by atoms with E-state index in [2.05, 4.69) is 21.2 Å². The predicted molar refractivity (Wildman–Crippen MR) is 93.3 cm³/mol. The molecule has 0 aliphatic rings. The van der Waals surface area contributed by atoms with E-state index in [1.807, 2.05) is 42.5 Å². The molecule has 0 saturated carbocycles. The number of aliphatic hydroxyl groups excluding tert-OH is 1. The normalized spacial score (nSPS) is 12.2. The number of benzene rings is 2. The SMILES string of the molecule is CC(O)CNCc1ccc(OCc2ccc(Cl)cc2)c(Br)c1. The van der Waals surface area contributed by atoms with Gasteiger partial charge in [-0.15, -0.1) is 0 Å². The van der Waals surface area contributed by atoms with Crippen LogP contribution in [-0.2, 0) is 13.2 Å². The second kappa shape index (κ2) is 8.53. The topological polar surface area (TPSA) is 41.5 Å². The molecule has 118 valence electrons. The van der Waals surface area contributed by atoms with E-state index in [-0.39, 0.29) is 6.10 Å². The third-order valence-electron chi connectivity index (χ3n) is 3.07. The molecule has 0 aromatic heterocycles. The summed E-state index contributed by atoms with van der Waals surface area (Å²) in [5.41, 5.74) is 2.20. The highest BCUT2D eigenvalue weighted by molar-refractivity contribution is 9.10. The lowest BCUT2D eigenvalue weighted by Crippen LogP contribution is -2.23. The first kappa shape index (κ1) is 17.3. The van der Waals surface area contributed by atoms with Crippen LogP contribution < -0.4 is 10.1 Å². The molecule has 2 N–H and O–H groups in total. The maximum absolute atomic E-state index is 9.22. The quantitative estimate of drug-likeness (QED) is 0.753. The van der Waals surface area contributed by atoms with Crippen LogP contribution in [0.5, 0.6) is 5.75 Å². The van der Waals surface area contributed by atoms with Gasteiger partial charge in [-0.1, -0.05) is 29.8 Å². The van der Waals surface area contributed by atoms with Crippen molar-refractivity contribution in [3.8, 4) is 5.75 Å². The van der Waals surface area contributed by atoms with E-state index in [1.54, 1.807) is 6.92 Å². The van der Waals surface area contributed by atoms with E-state index in [0.717, 1.165) is 26.4 Å². The zero-order chi connectivity index (χ0) is 15.9. The molecule has 2 rings (SSSR count). The summed E-state index contributed by atoms with van der Waals surface area (Å²) >= 11 is 9.39. The first-order valence-electron chi connectivity index (χ1n) is 7.09. The average Bonchev–Trinajstić information content (AvgIpc) is 2.48. The molecule has 0 amide bonds. The molecule has 0 fully saturated rings. The Bertz CT molecular complexity index is 602. The van der Waals surface area contributed by atoms with E-state index in [0.29, 0.717) is 19.7 Å². The predicted octanol–water partition coefficient (Wildman–Crippen LogP) is 4.15. The monoisotopic (exact) mass is 383 g/mol. The summed E-state index contributed by atoms with van der Waals surface area (Å²) < 4.78 is 6.72. The molecule has 0 bridgehead atoms. The Hall–Kier alpha value is -1.07. The standard InChI is InChI=1S/C17H19BrClNO2/c1-12(21)9-20-10-14-4-7-17(16(18)8-14)22-11-13-2-5-15(19)6-3-13/h2-8,12,20-21H,9-11H2,1H3. The molecule has 2 aromatic carbocycles. The minimum atomic E-state index is -0.342. The van der Waals surface area contributed by atoms with Crippen molar-refractivity contribution >= 4 is 27.5 Å². The first-order chi connectivity index (χ1) is 10.5. The minimum absolute atomic E-state index is 0.342. The Morgan fingerprint density at radius 2 is 1.86 bits per heavy atom. The molecule has 22 heavy (non-hydrogen) atoms. The third-order valence-corrected chi connectivity index (χ3v) is 3.94. The number of nitrogens with one attached hydrogen (secondary N) is 1. The number of aliphatic hydroxyl groups is 1. The fourth-order valence-corrected chi connectivity index (χ4v) is 2.61. The summed E-state index contributed by atoms with van der Waals surface area (Å²) in [5, 5.41) is 13.1. The van der Waals surface area contributed by atoms with Crippen molar-refractivity contribution in [3.63, 3.8) is 0 Å². The van der Waals surface area contributed by atoms with Crippen molar-refractivity contribution in [3.05, 3.63) is 63.1 Å². The van der Waals surface area contributed by atoms with Gasteiger partial charge in [-0.25, -0.2) is 0 Å². The molecule has 0 aliphatic carbocycles. The number of ether oxygens (including phenoxy) is 1. The largest absolute Gasteiger partial charge is 0.488 e. The van der Waals surface area contributed by atoms with Crippen LogP contribution in [0.1, 0.15) is 18.1 Å². The molecule has 0 saturated heterocycles. The van der Waals surface area contributed by atoms with Crippen molar-refractivity contribution in [2.45, 2.75) is 26.2 Å². The van der Waals surface area contributed by atoms with E-state index >= 15 is 0 Å². The molecular formula is C17H19BrClNO2. The van der Waals surface area contributed by atoms with E-state index < -0.39 is 0 Å². The van der Waals surface area contributed by atoms with Gasteiger partial charge in [-0.3, -0.25) is 0 Å². The lowest BCUT2D eigenvalue weighted by molar-refractivity contribution is 0.191. The van der Waals surface area contributed by atoms with Crippen LogP contribution in [-0.4, -0.2) is 17.8 Å². The molecule has 3 nitrogen and oxygen atoms in total. The summed E-state index contributed by atoms with van der Waals surface area (Å²) in [6.07, 6.45) is -0.342. The highest BCUT2D eigenvalue weighted by Crippen LogP contribution is 2.27. The summed E-state index contributed by atoms with van der Waals surface area (Å²) in [4.78, 5) is 0. The van der Waals surface area contributed by atoms with Crippen LogP contribution in [0.25, 0.3) is 0 Å². The van der Waals surface area contributed by atoms with Crippen molar-refractivity contribution in [2.24, 2.45) is 0 Å². The van der Waals surface area contributed by atoms with Gasteiger partial charge in [0, 0.05) is 18.1 Å². The van der Waals surface area contributed by atoms with E-state index in [4.69, 9.17) is 16.3 Å². The lowest BCUT2D eigenvalue weighted by atomic mass is 10.2. The van der Waals surface area contributed by atoms with Crippen LogP contribution >= 0.6 is 27.5 Å². The van der Waals surface area contributed by atoms with Crippen LogP contribution in [0.2, 0.25) is 5.02 Å². The number of halogens is 2. The van der Waals surface area contributed by atoms with Gasteiger partial charge in [0.05, 0.1) is 10.6 Å². The van der Waals surface area contributed by atoms with Crippen LogP contribution in [0.15, 0.2) is 46.9 Å². The fraction of sp³-hybridized carbons (Fsp3) is 0.294. The van der Waals surface area contributed by atoms with Gasteiger partial charge in [0.1, 0.15) is 12.4 Å². The number of rotatable bonds is 7. The average molecular weight is 385 g/mol. The Balaban J connectivity index is 1.90. The summed E-state index contributed by atoms with van der Waals surface area (Å²) in [5.74, 6) is 0.800. The van der Waals surface area contributed by atoms with Gasteiger partial charge < -0.3 is 15.2 Å². The summed E-state index contributed by atoms with van der Waals surface area (Å²) in [7, 11) is 0.